The average molecular weight is 222 g/mol. The molecule has 1 heterocycles. The smallest absolute Gasteiger partial charge is 0.270 e. The van der Waals surface area contributed by atoms with Gasteiger partial charge in [-0.3, -0.25) is 9.59 Å². The first-order chi connectivity index (χ1) is 7.56. The third-order valence-corrected chi connectivity index (χ3v) is 2.52. The summed E-state index contributed by atoms with van der Waals surface area (Å²) >= 11 is 0. The lowest BCUT2D eigenvalue weighted by Crippen LogP contribution is -2.42. The molecule has 0 fully saturated rings. The fraction of sp³-hybridized carbons (Fsp3) is 0.600. The number of nitrogens with zero attached hydrogens (tertiary/aromatic N) is 3. The van der Waals surface area contributed by atoms with Gasteiger partial charge in [0.2, 0.25) is 5.91 Å². The first-order valence-electron chi connectivity index (χ1n) is 5.05. The Kier molecular flexibility index (Phi) is 4.00. The third kappa shape index (κ3) is 2.79. The van der Waals surface area contributed by atoms with Gasteiger partial charge in [-0.05, 0) is 6.92 Å². The highest BCUT2D eigenvalue weighted by molar-refractivity contribution is 6.39. The highest BCUT2D eigenvalue weighted by atomic mass is 16.2. The van der Waals surface area contributed by atoms with Gasteiger partial charge < -0.3 is 4.90 Å². The monoisotopic (exact) mass is 222 g/mol. The van der Waals surface area contributed by atoms with Gasteiger partial charge in [0.05, 0.1) is 12.5 Å². The lowest BCUT2D eigenvalue weighted by atomic mass is 10.1. The van der Waals surface area contributed by atoms with E-state index in [4.69, 9.17) is 5.26 Å². The second-order valence-corrected chi connectivity index (χ2v) is 3.72. The van der Waals surface area contributed by atoms with Crippen LogP contribution < -0.4 is 5.43 Å². The van der Waals surface area contributed by atoms with Crippen molar-refractivity contribution in [2.75, 3.05) is 7.05 Å². The van der Waals surface area contributed by atoms with Crippen molar-refractivity contribution >= 4 is 17.5 Å². The molecule has 0 saturated heterocycles. The number of carbonyl (C=O) groups excluding carboxylic acids is 2. The van der Waals surface area contributed by atoms with Gasteiger partial charge in [-0.2, -0.15) is 10.4 Å². The van der Waals surface area contributed by atoms with Crippen LogP contribution in [-0.2, 0) is 9.59 Å². The molecule has 0 spiro atoms. The van der Waals surface area contributed by atoms with E-state index in [9.17, 15) is 9.59 Å². The maximum Gasteiger partial charge on any atom is 0.270 e. The molecular weight excluding hydrogens is 208 g/mol. The predicted molar refractivity (Wildman–Crippen MR) is 57.3 cm³/mol. The summed E-state index contributed by atoms with van der Waals surface area (Å²) in [6, 6.07) is 1.85. The van der Waals surface area contributed by atoms with E-state index in [0.717, 1.165) is 0 Å². The Morgan fingerprint density at radius 1 is 1.69 bits per heavy atom. The second-order valence-electron chi connectivity index (χ2n) is 3.72. The zero-order valence-electron chi connectivity index (χ0n) is 9.36. The molecule has 0 bridgehead atoms. The van der Waals surface area contributed by atoms with E-state index in [1.54, 1.807) is 14.0 Å². The quantitative estimate of drug-likeness (QED) is 0.730. The first-order valence-corrected chi connectivity index (χ1v) is 5.05. The van der Waals surface area contributed by atoms with E-state index < -0.39 is 0 Å². The molecule has 1 atom stereocenters. The van der Waals surface area contributed by atoms with Crippen molar-refractivity contribution in [1.82, 2.24) is 10.3 Å². The number of nitriles is 1. The van der Waals surface area contributed by atoms with Crippen LogP contribution in [0.1, 0.15) is 26.2 Å². The summed E-state index contributed by atoms with van der Waals surface area (Å²) in [6.45, 7) is 1.79. The van der Waals surface area contributed by atoms with E-state index in [2.05, 4.69) is 10.5 Å². The molecular formula is C10H14N4O2. The van der Waals surface area contributed by atoms with Crippen molar-refractivity contribution in [1.29, 1.82) is 5.26 Å². The van der Waals surface area contributed by atoms with Gasteiger partial charge in [0.25, 0.3) is 5.91 Å². The minimum Gasteiger partial charge on any atom is -0.337 e. The molecule has 1 unspecified atom stereocenters. The summed E-state index contributed by atoms with van der Waals surface area (Å²) in [6.07, 6.45) is 0.918. The lowest BCUT2D eigenvalue weighted by molar-refractivity contribution is -0.125. The highest BCUT2D eigenvalue weighted by Gasteiger charge is 2.23. The van der Waals surface area contributed by atoms with Crippen LogP contribution in [-0.4, -0.2) is 35.5 Å². The molecule has 1 aliphatic heterocycles. The molecule has 6 nitrogen and oxygen atoms in total. The second kappa shape index (κ2) is 5.26. The molecule has 0 saturated carbocycles. The normalized spacial score (nSPS) is 16.8. The summed E-state index contributed by atoms with van der Waals surface area (Å²) in [5.74, 6) is -0.410. The van der Waals surface area contributed by atoms with Crippen molar-refractivity contribution in [3.05, 3.63) is 0 Å². The molecule has 16 heavy (non-hydrogen) atoms. The van der Waals surface area contributed by atoms with Gasteiger partial charge in [-0.1, -0.05) is 0 Å². The van der Waals surface area contributed by atoms with E-state index in [1.807, 2.05) is 6.07 Å². The number of nitrogens with one attached hydrogen (secondary N) is 1. The minimum absolute atomic E-state index is 0.155. The van der Waals surface area contributed by atoms with Gasteiger partial charge in [-0.15, -0.1) is 0 Å². The van der Waals surface area contributed by atoms with Crippen molar-refractivity contribution in [2.45, 2.75) is 32.2 Å². The zero-order valence-corrected chi connectivity index (χ0v) is 9.36. The summed E-state index contributed by atoms with van der Waals surface area (Å²) in [5, 5.41) is 12.3. The summed E-state index contributed by atoms with van der Waals surface area (Å²) in [5.41, 5.74) is 2.62. The maximum atomic E-state index is 11.9. The van der Waals surface area contributed by atoms with E-state index >= 15 is 0 Å². The minimum atomic E-state index is -0.234. The van der Waals surface area contributed by atoms with E-state index in [-0.39, 0.29) is 30.7 Å². The molecule has 1 N–H and O–H groups in total. The Labute approximate surface area is 93.9 Å². The Hall–Kier alpha value is -1.90. The van der Waals surface area contributed by atoms with Crippen molar-refractivity contribution in [3.8, 4) is 6.07 Å². The highest BCUT2D eigenvalue weighted by Crippen LogP contribution is 2.06. The van der Waals surface area contributed by atoms with E-state index in [0.29, 0.717) is 12.1 Å². The SMILES string of the molecule is CC(CC#N)N(C)C(=O)C1=NNC(=O)CC1. The number of hydrogen-bond donors (Lipinski definition) is 1. The molecule has 0 aliphatic carbocycles. The van der Waals surface area contributed by atoms with Crippen LogP contribution in [0.4, 0.5) is 0 Å². The maximum absolute atomic E-state index is 11.9. The van der Waals surface area contributed by atoms with Crippen LogP contribution in [0.5, 0.6) is 0 Å². The van der Waals surface area contributed by atoms with Crippen LogP contribution in [0.3, 0.4) is 0 Å². The van der Waals surface area contributed by atoms with Gasteiger partial charge in [0.1, 0.15) is 5.71 Å². The van der Waals surface area contributed by atoms with Crippen LogP contribution in [0, 0.1) is 11.3 Å². The summed E-state index contributed by atoms with van der Waals surface area (Å²) in [7, 11) is 1.63. The number of hydrogen-bond acceptors (Lipinski definition) is 4. The zero-order chi connectivity index (χ0) is 12.1. The molecule has 0 aromatic carbocycles. The van der Waals surface area contributed by atoms with Crippen molar-refractivity contribution in [2.24, 2.45) is 5.10 Å². The van der Waals surface area contributed by atoms with Crippen LogP contribution >= 0.6 is 0 Å². The molecule has 1 aliphatic rings. The fourth-order valence-electron chi connectivity index (χ4n) is 1.30. The Morgan fingerprint density at radius 2 is 2.38 bits per heavy atom. The molecule has 0 aromatic heterocycles. The van der Waals surface area contributed by atoms with Crippen molar-refractivity contribution in [3.63, 3.8) is 0 Å². The molecule has 0 aromatic rings. The topological polar surface area (TPSA) is 85.6 Å². The van der Waals surface area contributed by atoms with E-state index in [1.165, 1.54) is 4.90 Å². The molecule has 86 valence electrons. The van der Waals surface area contributed by atoms with Gasteiger partial charge >= 0.3 is 0 Å². The predicted octanol–water partition coefficient (Wildman–Crippen LogP) is 0.0130. The molecule has 0 radical (unpaired) electrons. The molecule has 2 amide bonds. The van der Waals surface area contributed by atoms with Crippen molar-refractivity contribution < 1.29 is 9.59 Å². The number of hydrazone groups is 1. The lowest BCUT2D eigenvalue weighted by Gasteiger charge is -2.24. The Bertz CT molecular complexity index is 370. The Balaban J connectivity index is 2.64. The van der Waals surface area contributed by atoms with Gasteiger partial charge in [-0.25, -0.2) is 5.43 Å². The Morgan fingerprint density at radius 3 is 2.88 bits per heavy atom. The summed E-state index contributed by atoms with van der Waals surface area (Å²) in [4.78, 5) is 24.2. The standard InChI is InChI=1S/C10H14N4O2/c1-7(5-6-11)14(2)10(16)8-3-4-9(15)13-12-8/h7H,3-5H2,1-2H3,(H,13,15). The molecule has 1 rings (SSSR count). The first kappa shape index (κ1) is 12.2. The summed E-state index contributed by atoms with van der Waals surface area (Å²) < 4.78 is 0. The largest absolute Gasteiger partial charge is 0.337 e. The average Bonchev–Trinajstić information content (AvgIpc) is 2.28. The van der Waals surface area contributed by atoms with Crippen LogP contribution in [0.25, 0.3) is 0 Å². The van der Waals surface area contributed by atoms with Gasteiger partial charge in [0, 0.05) is 25.9 Å². The van der Waals surface area contributed by atoms with Crippen LogP contribution in [0.15, 0.2) is 5.10 Å². The molecule has 6 heteroatoms. The number of rotatable bonds is 3. The van der Waals surface area contributed by atoms with Gasteiger partial charge in [0.15, 0.2) is 0 Å². The number of amides is 2. The van der Waals surface area contributed by atoms with Crippen LogP contribution in [0.2, 0.25) is 0 Å². The fourth-order valence-corrected chi connectivity index (χ4v) is 1.30. The number of carbonyl (C=O) groups is 2. The third-order valence-electron chi connectivity index (χ3n) is 2.52.